The van der Waals surface area contributed by atoms with Gasteiger partial charge in [-0.25, -0.2) is 4.98 Å². The zero-order valence-corrected chi connectivity index (χ0v) is 14.2. The number of hydrogen-bond acceptors (Lipinski definition) is 4. The van der Waals surface area contributed by atoms with Crippen molar-refractivity contribution in [2.75, 3.05) is 0 Å². The summed E-state index contributed by atoms with van der Waals surface area (Å²) in [5.41, 5.74) is 2.88. The predicted molar refractivity (Wildman–Crippen MR) is 93.1 cm³/mol. The maximum absolute atomic E-state index is 13.1. The molecule has 6 nitrogen and oxygen atoms in total. The van der Waals surface area contributed by atoms with Gasteiger partial charge in [0.2, 0.25) is 0 Å². The SMILES string of the molecule is Cc1nc2nc(C)c3c(=O)n(-c4cc(Cl)ccc4C)ccc3n2n1. The van der Waals surface area contributed by atoms with Gasteiger partial charge >= 0.3 is 0 Å². The van der Waals surface area contributed by atoms with Crippen LogP contribution in [0.15, 0.2) is 35.3 Å². The third-order valence-corrected chi connectivity index (χ3v) is 4.29. The monoisotopic (exact) mass is 339 g/mol. The number of pyridine rings is 1. The van der Waals surface area contributed by atoms with E-state index in [0.29, 0.717) is 33.2 Å². The van der Waals surface area contributed by atoms with Gasteiger partial charge in [0, 0.05) is 11.2 Å². The topological polar surface area (TPSA) is 65.1 Å². The Kier molecular flexibility index (Phi) is 3.18. The van der Waals surface area contributed by atoms with Gasteiger partial charge in [0.05, 0.1) is 22.3 Å². The van der Waals surface area contributed by atoms with Crippen LogP contribution >= 0.6 is 11.6 Å². The van der Waals surface area contributed by atoms with E-state index in [1.165, 1.54) is 0 Å². The lowest BCUT2D eigenvalue weighted by Gasteiger charge is -2.12. The van der Waals surface area contributed by atoms with Crippen LogP contribution < -0.4 is 5.56 Å². The van der Waals surface area contributed by atoms with Crippen LogP contribution in [-0.4, -0.2) is 24.1 Å². The van der Waals surface area contributed by atoms with Gasteiger partial charge in [-0.2, -0.15) is 9.50 Å². The molecule has 7 heteroatoms. The minimum absolute atomic E-state index is 0.155. The second-order valence-corrected chi connectivity index (χ2v) is 6.19. The molecule has 3 heterocycles. The molecule has 1 aromatic carbocycles. The summed E-state index contributed by atoms with van der Waals surface area (Å²) in [7, 11) is 0. The van der Waals surface area contributed by atoms with Crippen molar-refractivity contribution in [2.45, 2.75) is 20.8 Å². The maximum Gasteiger partial charge on any atom is 0.266 e. The van der Waals surface area contributed by atoms with Gasteiger partial charge in [-0.15, -0.1) is 5.10 Å². The Hall–Kier alpha value is -2.73. The van der Waals surface area contributed by atoms with Crippen molar-refractivity contribution in [3.05, 3.63) is 62.9 Å². The van der Waals surface area contributed by atoms with Crippen molar-refractivity contribution in [3.8, 4) is 5.69 Å². The summed E-state index contributed by atoms with van der Waals surface area (Å²) in [4.78, 5) is 21.8. The first-order valence-corrected chi connectivity index (χ1v) is 7.85. The molecule has 0 bridgehead atoms. The van der Waals surface area contributed by atoms with Crippen molar-refractivity contribution in [2.24, 2.45) is 0 Å². The van der Waals surface area contributed by atoms with Crippen molar-refractivity contribution >= 4 is 28.3 Å². The maximum atomic E-state index is 13.1. The third-order valence-electron chi connectivity index (χ3n) is 4.05. The normalized spacial score (nSPS) is 11.5. The Labute approximate surface area is 142 Å². The zero-order valence-electron chi connectivity index (χ0n) is 13.4. The van der Waals surface area contributed by atoms with Crippen molar-refractivity contribution < 1.29 is 0 Å². The molecule has 24 heavy (non-hydrogen) atoms. The molecule has 0 saturated heterocycles. The summed E-state index contributed by atoms with van der Waals surface area (Å²) in [5.74, 6) is 1.11. The highest BCUT2D eigenvalue weighted by Gasteiger charge is 2.14. The summed E-state index contributed by atoms with van der Waals surface area (Å²) in [5, 5.41) is 5.44. The highest BCUT2D eigenvalue weighted by Crippen LogP contribution is 2.20. The average Bonchev–Trinajstić information content (AvgIpc) is 2.90. The van der Waals surface area contributed by atoms with Gasteiger partial charge in [0.15, 0.2) is 0 Å². The Morgan fingerprint density at radius 1 is 1.08 bits per heavy atom. The lowest BCUT2D eigenvalue weighted by atomic mass is 10.2. The molecule has 3 aromatic heterocycles. The fourth-order valence-electron chi connectivity index (χ4n) is 2.92. The molecule has 0 spiro atoms. The molecule has 0 aliphatic carbocycles. The van der Waals surface area contributed by atoms with Gasteiger partial charge in [0.1, 0.15) is 5.82 Å². The Morgan fingerprint density at radius 3 is 2.67 bits per heavy atom. The Morgan fingerprint density at radius 2 is 1.88 bits per heavy atom. The van der Waals surface area contributed by atoms with Crippen LogP contribution in [0.5, 0.6) is 0 Å². The van der Waals surface area contributed by atoms with E-state index in [4.69, 9.17) is 11.6 Å². The quantitative estimate of drug-likeness (QED) is 0.534. The highest BCUT2D eigenvalue weighted by molar-refractivity contribution is 6.30. The predicted octanol–water partition coefficient (Wildman–Crippen LogP) is 3.01. The number of aromatic nitrogens is 5. The molecule has 120 valence electrons. The van der Waals surface area contributed by atoms with E-state index in [0.717, 1.165) is 11.3 Å². The molecule has 0 radical (unpaired) electrons. The van der Waals surface area contributed by atoms with E-state index in [-0.39, 0.29) is 5.56 Å². The molecular weight excluding hydrogens is 326 g/mol. The molecule has 0 aliphatic heterocycles. The second-order valence-electron chi connectivity index (χ2n) is 5.75. The second kappa shape index (κ2) is 5.14. The first kappa shape index (κ1) is 14.8. The lowest BCUT2D eigenvalue weighted by molar-refractivity contribution is 0.931. The van der Waals surface area contributed by atoms with Gasteiger partial charge in [0.25, 0.3) is 11.3 Å². The first-order valence-electron chi connectivity index (χ1n) is 7.47. The molecule has 0 unspecified atom stereocenters. The molecule has 4 aromatic rings. The molecular formula is C17H14ClN5O. The summed E-state index contributed by atoms with van der Waals surface area (Å²) in [6.45, 7) is 5.55. The van der Waals surface area contributed by atoms with E-state index in [9.17, 15) is 4.79 Å². The number of fused-ring (bicyclic) bond motifs is 3. The molecule has 0 saturated carbocycles. The molecule has 0 N–H and O–H groups in total. The fourth-order valence-corrected chi connectivity index (χ4v) is 3.08. The third kappa shape index (κ3) is 2.11. The van der Waals surface area contributed by atoms with Crippen LogP contribution in [0.2, 0.25) is 5.02 Å². The molecule has 4 rings (SSSR count). The van der Waals surface area contributed by atoms with Crippen LogP contribution in [0.4, 0.5) is 0 Å². The number of halogens is 1. The Bertz CT molecular complexity index is 1180. The van der Waals surface area contributed by atoms with E-state index in [1.807, 2.05) is 26.0 Å². The summed E-state index contributed by atoms with van der Waals surface area (Å²) < 4.78 is 3.20. The number of nitrogens with zero attached hydrogens (tertiary/aromatic N) is 5. The molecule has 0 fully saturated rings. The van der Waals surface area contributed by atoms with Crippen LogP contribution in [0.1, 0.15) is 17.1 Å². The van der Waals surface area contributed by atoms with Crippen molar-refractivity contribution in [1.29, 1.82) is 0 Å². The van der Waals surface area contributed by atoms with Gasteiger partial charge in [-0.05, 0) is 44.5 Å². The summed E-state index contributed by atoms with van der Waals surface area (Å²) in [6.07, 6.45) is 1.74. The van der Waals surface area contributed by atoms with E-state index in [1.54, 1.807) is 34.3 Å². The standard InChI is InChI=1S/C17H14ClN5O/c1-9-4-5-12(18)8-14(9)22-7-6-13-15(16(22)24)10(2)19-17-20-11(3)21-23(13)17/h4-8H,1-3H3. The number of benzene rings is 1. The fraction of sp³-hybridized carbons (Fsp3) is 0.176. The number of hydrogen-bond donors (Lipinski definition) is 0. The van der Waals surface area contributed by atoms with Crippen LogP contribution in [0.25, 0.3) is 22.4 Å². The van der Waals surface area contributed by atoms with E-state index in [2.05, 4.69) is 15.1 Å². The molecule has 0 atom stereocenters. The largest absolute Gasteiger partial charge is 0.283 e. The van der Waals surface area contributed by atoms with E-state index >= 15 is 0 Å². The van der Waals surface area contributed by atoms with E-state index < -0.39 is 0 Å². The molecule has 0 amide bonds. The van der Waals surface area contributed by atoms with Crippen LogP contribution in [0, 0.1) is 20.8 Å². The average molecular weight is 340 g/mol. The van der Waals surface area contributed by atoms with Gasteiger partial charge in [-0.3, -0.25) is 9.36 Å². The smallest absolute Gasteiger partial charge is 0.266 e. The first-order chi connectivity index (χ1) is 11.5. The minimum atomic E-state index is -0.155. The summed E-state index contributed by atoms with van der Waals surface area (Å²) in [6, 6.07) is 7.34. The molecule has 0 aliphatic rings. The lowest BCUT2D eigenvalue weighted by Crippen LogP contribution is -2.20. The van der Waals surface area contributed by atoms with Crippen LogP contribution in [-0.2, 0) is 0 Å². The zero-order chi connectivity index (χ0) is 17.0. The van der Waals surface area contributed by atoms with Crippen molar-refractivity contribution in [3.63, 3.8) is 0 Å². The number of rotatable bonds is 1. The van der Waals surface area contributed by atoms with Gasteiger partial charge < -0.3 is 0 Å². The highest BCUT2D eigenvalue weighted by atomic mass is 35.5. The minimum Gasteiger partial charge on any atom is -0.283 e. The van der Waals surface area contributed by atoms with Crippen LogP contribution in [0.3, 0.4) is 0 Å². The Balaban J connectivity index is 2.12. The van der Waals surface area contributed by atoms with Crippen molar-refractivity contribution in [1.82, 2.24) is 24.1 Å². The number of aryl methyl sites for hydroxylation is 3. The summed E-state index contributed by atoms with van der Waals surface area (Å²) >= 11 is 6.10. The van der Waals surface area contributed by atoms with Gasteiger partial charge in [-0.1, -0.05) is 17.7 Å².